The number of rotatable bonds is 5. The van der Waals surface area contributed by atoms with Gasteiger partial charge in [0.15, 0.2) is 20.7 Å². The van der Waals surface area contributed by atoms with Gasteiger partial charge in [-0.25, -0.2) is 8.42 Å². The number of hydrogen-bond acceptors (Lipinski definition) is 7. The van der Waals surface area contributed by atoms with Crippen molar-refractivity contribution in [1.29, 1.82) is 0 Å². The summed E-state index contributed by atoms with van der Waals surface area (Å²) < 4.78 is 33.0. The molecule has 0 aliphatic rings. The summed E-state index contributed by atoms with van der Waals surface area (Å²) in [6.45, 7) is 0. The minimum absolute atomic E-state index is 0.0781. The molecule has 0 aliphatic heterocycles. The first-order chi connectivity index (χ1) is 9.94. The third-order valence-corrected chi connectivity index (χ3v) is 3.67. The molecule has 0 atom stereocenters. The van der Waals surface area contributed by atoms with Crippen LogP contribution < -0.4 is 14.8 Å². The SMILES string of the molecule is COc1ccc(OC)c(Nc2ccc(S(C)(=O)=O)nn2)c1. The summed E-state index contributed by atoms with van der Waals surface area (Å²) in [6.07, 6.45) is 1.08. The molecule has 1 heterocycles. The van der Waals surface area contributed by atoms with Crippen LogP contribution in [0.3, 0.4) is 0 Å². The van der Waals surface area contributed by atoms with Gasteiger partial charge in [0, 0.05) is 12.3 Å². The number of benzene rings is 1. The van der Waals surface area contributed by atoms with Crippen LogP contribution in [0.25, 0.3) is 0 Å². The molecule has 0 saturated heterocycles. The molecule has 21 heavy (non-hydrogen) atoms. The minimum Gasteiger partial charge on any atom is -0.497 e. The Morgan fingerprint density at radius 1 is 1.05 bits per heavy atom. The highest BCUT2D eigenvalue weighted by Crippen LogP contribution is 2.30. The van der Waals surface area contributed by atoms with Crippen molar-refractivity contribution in [3.63, 3.8) is 0 Å². The smallest absolute Gasteiger partial charge is 0.194 e. The molecule has 112 valence electrons. The van der Waals surface area contributed by atoms with E-state index in [-0.39, 0.29) is 5.03 Å². The average molecular weight is 309 g/mol. The van der Waals surface area contributed by atoms with E-state index < -0.39 is 9.84 Å². The lowest BCUT2D eigenvalue weighted by molar-refractivity contribution is 0.405. The van der Waals surface area contributed by atoms with E-state index in [0.29, 0.717) is 23.0 Å². The fourth-order valence-electron chi connectivity index (χ4n) is 1.63. The van der Waals surface area contributed by atoms with Crippen LogP contribution in [-0.2, 0) is 9.84 Å². The summed E-state index contributed by atoms with van der Waals surface area (Å²) in [7, 11) is -0.253. The van der Waals surface area contributed by atoms with E-state index in [9.17, 15) is 8.42 Å². The Morgan fingerprint density at radius 3 is 2.33 bits per heavy atom. The van der Waals surface area contributed by atoms with Gasteiger partial charge in [-0.1, -0.05) is 0 Å². The van der Waals surface area contributed by atoms with E-state index in [0.717, 1.165) is 6.26 Å². The molecule has 0 saturated carbocycles. The second-order valence-corrected chi connectivity index (χ2v) is 6.18. The number of nitrogens with one attached hydrogen (secondary N) is 1. The highest BCUT2D eigenvalue weighted by Gasteiger charge is 2.11. The molecule has 0 bridgehead atoms. The van der Waals surface area contributed by atoms with Crippen molar-refractivity contribution < 1.29 is 17.9 Å². The second kappa shape index (κ2) is 5.96. The Bertz CT molecular complexity index is 730. The van der Waals surface area contributed by atoms with Gasteiger partial charge < -0.3 is 14.8 Å². The van der Waals surface area contributed by atoms with E-state index in [2.05, 4.69) is 15.5 Å². The maximum atomic E-state index is 11.3. The number of sulfone groups is 1. The van der Waals surface area contributed by atoms with Crippen LogP contribution >= 0.6 is 0 Å². The first kappa shape index (κ1) is 15.0. The van der Waals surface area contributed by atoms with Crippen LogP contribution in [0.5, 0.6) is 11.5 Å². The summed E-state index contributed by atoms with van der Waals surface area (Å²) in [6, 6.07) is 8.17. The lowest BCUT2D eigenvalue weighted by atomic mass is 10.2. The van der Waals surface area contributed by atoms with Crippen molar-refractivity contribution in [3.8, 4) is 11.5 Å². The van der Waals surface area contributed by atoms with Crippen LogP contribution in [0.1, 0.15) is 0 Å². The van der Waals surface area contributed by atoms with Gasteiger partial charge in [-0.3, -0.25) is 0 Å². The Labute approximate surface area is 122 Å². The predicted molar refractivity (Wildman–Crippen MR) is 78.0 cm³/mol. The lowest BCUT2D eigenvalue weighted by Crippen LogP contribution is -2.04. The van der Waals surface area contributed by atoms with E-state index in [4.69, 9.17) is 9.47 Å². The molecule has 8 heteroatoms. The molecule has 7 nitrogen and oxygen atoms in total. The van der Waals surface area contributed by atoms with Crippen molar-refractivity contribution >= 4 is 21.3 Å². The normalized spacial score (nSPS) is 11.0. The Kier molecular flexibility index (Phi) is 4.27. The van der Waals surface area contributed by atoms with Gasteiger partial charge in [-0.15, -0.1) is 10.2 Å². The van der Waals surface area contributed by atoms with E-state index in [1.807, 2.05) is 0 Å². The van der Waals surface area contributed by atoms with Gasteiger partial charge in [0.05, 0.1) is 19.9 Å². The van der Waals surface area contributed by atoms with Crippen molar-refractivity contribution in [2.75, 3.05) is 25.8 Å². The standard InChI is InChI=1S/C13H15N3O4S/c1-19-9-4-5-11(20-2)10(8-9)14-12-6-7-13(16-15-12)21(3,17)18/h4-8H,1-3H3,(H,14,15). The maximum Gasteiger partial charge on any atom is 0.194 e. The molecule has 0 spiro atoms. The number of ether oxygens (including phenoxy) is 2. The fraction of sp³-hybridized carbons (Fsp3) is 0.231. The van der Waals surface area contributed by atoms with E-state index >= 15 is 0 Å². The van der Waals surface area contributed by atoms with Crippen LogP contribution in [0, 0.1) is 0 Å². The highest BCUT2D eigenvalue weighted by atomic mass is 32.2. The van der Waals surface area contributed by atoms with E-state index in [1.54, 1.807) is 32.4 Å². The van der Waals surface area contributed by atoms with Gasteiger partial charge in [0.1, 0.15) is 11.5 Å². The van der Waals surface area contributed by atoms with Gasteiger partial charge >= 0.3 is 0 Å². The molecule has 0 aliphatic carbocycles. The number of hydrogen-bond donors (Lipinski definition) is 1. The third-order valence-electron chi connectivity index (χ3n) is 2.69. The quantitative estimate of drug-likeness (QED) is 0.897. The molecule has 0 unspecified atom stereocenters. The van der Waals surface area contributed by atoms with Gasteiger partial charge in [-0.2, -0.15) is 0 Å². The molecule has 1 N–H and O–H groups in total. The predicted octanol–water partition coefficient (Wildman–Crippen LogP) is 1.64. The van der Waals surface area contributed by atoms with Crippen molar-refractivity contribution in [2.45, 2.75) is 5.03 Å². The van der Waals surface area contributed by atoms with Crippen molar-refractivity contribution in [3.05, 3.63) is 30.3 Å². The number of aromatic nitrogens is 2. The topological polar surface area (TPSA) is 90.4 Å². The molecule has 2 rings (SSSR count). The lowest BCUT2D eigenvalue weighted by Gasteiger charge is -2.11. The van der Waals surface area contributed by atoms with Crippen molar-refractivity contribution in [1.82, 2.24) is 10.2 Å². The van der Waals surface area contributed by atoms with Gasteiger partial charge in [0.25, 0.3) is 0 Å². The Balaban J connectivity index is 2.29. The summed E-state index contributed by atoms with van der Waals surface area (Å²) in [5.74, 6) is 1.65. The van der Waals surface area contributed by atoms with Gasteiger partial charge in [0.2, 0.25) is 0 Å². The maximum absolute atomic E-state index is 11.3. The molecular weight excluding hydrogens is 294 g/mol. The van der Waals surface area contributed by atoms with Crippen LogP contribution in [-0.4, -0.2) is 39.1 Å². The van der Waals surface area contributed by atoms with Crippen molar-refractivity contribution in [2.24, 2.45) is 0 Å². The average Bonchev–Trinajstić information content (AvgIpc) is 2.46. The minimum atomic E-state index is -3.36. The number of anilines is 2. The molecule has 2 aromatic rings. The molecule has 1 aromatic carbocycles. The zero-order valence-electron chi connectivity index (χ0n) is 11.8. The summed E-state index contributed by atoms with van der Waals surface area (Å²) in [5.41, 5.74) is 0.637. The molecular formula is C13H15N3O4S. The summed E-state index contributed by atoms with van der Waals surface area (Å²) in [4.78, 5) is 0. The third kappa shape index (κ3) is 3.60. The monoisotopic (exact) mass is 309 g/mol. The molecule has 0 amide bonds. The van der Waals surface area contributed by atoms with Crippen LogP contribution in [0.15, 0.2) is 35.4 Å². The largest absolute Gasteiger partial charge is 0.497 e. The second-order valence-electron chi connectivity index (χ2n) is 4.22. The number of methoxy groups -OCH3 is 2. The van der Waals surface area contributed by atoms with Crippen LogP contribution in [0.4, 0.5) is 11.5 Å². The summed E-state index contributed by atoms with van der Waals surface area (Å²) in [5, 5.41) is 10.4. The zero-order valence-corrected chi connectivity index (χ0v) is 12.6. The Morgan fingerprint density at radius 2 is 1.81 bits per heavy atom. The molecule has 0 fully saturated rings. The van der Waals surface area contributed by atoms with Crippen LogP contribution in [0.2, 0.25) is 0 Å². The fourth-order valence-corrected chi connectivity index (χ4v) is 2.14. The molecule has 1 aromatic heterocycles. The first-order valence-electron chi connectivity index (χ1n) is 5.97. The first-order valence-corrected chi connectivity index (χ1v) is 7.86. The summed E-state index contributed by atoms with van der Waals surface area (Å²) >= 11 is 0. The molecule has 0 radical (unpaired) electrons. The number of nitrogens with zero attached hydrogens (tertiary/aromatic N) is 2. The highest BCUT2D eigenvalue weighted by molar-refractivity contribution is 7.90. The van der Waals surface area contributed by atoms with E-state index in [1.165, 1.54) is 12.1 Å². The Hall–Kier alpha value is -2.35. The van der Waals surface area contributed by atoms with Gasteiger partial charge in [-0.05, 0) is 24.3 Å². The zero-order chi connectivity index (χ0) is 15.5.